The fourth-order valence-electron chi connectivity index (χ4n) is 1.92. The number of methoxy groups -OCH3 is 2. The Bertz CT molecular complexity index is 676. The summed E-state index contributed by atoms with van der Waals surface area (Å²) in [5.41, 5.74) is -0.0112. The molecule has 7 heteroatoms. The van der Waals surface area contributed by atoms with Gasteiger partial charge in [-0.2, -0.15) is 0 Å². The third kappa shape index (κ3) is 2.40. The molecule has 0 saturated heterocycles. The molecule has 7 nitrogen and oxygen atoms in total. The van der Waals surface area contributed by atoms with Crippen molar-refractivity contribution in [2.45, 2.75) is 0 Å². The van der Waals surface area contributed by atoms with Crippen molar-refractivity contribution < 1.29 is 28.7 Å². The molecule has 1 amide bonds. The van der Waals surface area contributed by atoms with Crippen LogP contribution in [0.3, 0.4) is 0 Å². The maximum Gasteiger partial charge on any atom is 0.355 e. The van der Waals surface area contributed by atoms with E-state index in [1.54, 1.807) is 12.1 Å². The van der Waals surface area contributed by atoms with Crippen LogP contribution in [0.5, 0.6) is 0 Å². The lowest BCUT2D eigenvalue weighted by molar-refractivity contribution is -0.138. The van der Waals surface area contributed by atoms with Crippen molar-refractivity contribution >= 4 is 29.3 Å². The molecule has 0 unspecified atom stereocenters. The molecule has 108 valence electrons. The molecule has 1 heterocycles. The van der Waals surface area contributed by atoms with Gasteiger partial charge in [-0.15, -0.1) is 0 Å². The highest BCUT2D eigenvalue weighted by Gasteiger charge is 2.40. The molecule has 0 radical (unpaired) electrons. The van der Waals surface area contributed by atoms with E-state index in [2.05, 4.69) is 9.47 Å². The number of amides is 1. The number of fused-ring (bicyclic) bond motifs is 1. The van der Waals surface area contributed by atoms with Crippen LogP contribution in [0, 0.1) is 0 Å². The monoisotopic (exact) mass is 289 g/mol. The van der Waals surface area contributed by atoms with Gasteiger partial charge in [-0.3, -0.25) is 14.5 Å². The normalized spacial score (nSPS) is 14.0. The largest absolute Gasteiger partial charge is 0.466 e. The van der Waals surface area contributed by atoms with Crippen molar-refractivity contribution in [2.24, 2.45) is 0 Å². The summed E-state index contributed by atoms with van der Waals surface area (Å²) in [5, 5.41) is 0. The Kier molecular flexibility index (Phi) is 3.84. The number of anilines is 1. The van der Waals surface area contributed by atoms with Crippen LogP contribution in [0.2, 0.25) is 0 Å². The summed E-state index contributed by atoms with van der Waals surface area (Å²) in [6.07, 6.45) is 0.805. The number of hydrogen-bond acceptors (Lipinski definition) is 6. The summed E-state index contributed by atoms with van der Waals surface area (Å²) >= 11 is 0. The van der Waals surface area contributed by atoms with Gasteiger partial charge in [0.2, 0.25) is 0 Å². The molecular weight excluding hydrogens is 278 g/mol. The second kappa shape index (κ2) is 5.58. The molecule has 0 aromatic heterocycles. The van der Waals surface area contributed by atoms with Gasteiger partial charge in [0.05, 0.1) is 31.5 Å². The van der Waals surface area contributed by atoms with Crippen LogP contribution in [0.15, 0.2) is 36.0 Å². The summed E-state index contributed by atoms with van der Waals surface area (Å²) in [5.74, 6) is -3.47. The topological polar surface area (TPSA) is 90.0 Å². The molecule has 1 aliphatic heterocycles. The molecule has 0 N–H and O–H groups in total. The van der Waals surface area contributed by atoms with E-state index < -0.39 is 23.6 Å². The molecule has 0 aliphatic carbocycles. The SMILES string of the molecule is COC(=O)/C=C(\C(=O)OC)N1C(=O)C(=O)c2ccccc21. The van der Waals surface area contributed by atoms with Gasteiger partial charge in [-0.05, 0) is 12.1 Å². The fraction of sp³-hybridized carbons (Fsp3) is 0.143. The molecule has 0 atom stereocenters. The number of ether oxygens (including phenoxy) is 2. The Morgan fingerprint density at radius 2 is 1.76 bits per heavy atom. The highest BCUT2D eigenvalue weighted by Crippen LogP contribution is 2.32. The number of esters is 2. The third-order valence-electron chi connectivity index (χ3n) is 2.88. The molecule has 0 saturated carbocycles. The van der Waals surface area contributed by atoms with E-state index in [1.807, 2.05) is 0 Å². The summed E-state index contributed by atoms with van der Waals surface area (Å²) in [6, 6.07) is 6.15. The molecule has 1 aromatic carbocycles. The average molecular weight is 289 g/mol. The van der Waals surface area contributed by atoms with Gasteiger partial charge in [0.1, 0.15) is 5.70 Å². The Balaban J connectivity index is 2.58. The minimum atomic E-state index is -0.934. The number of benzene rings is 1. The lowest BCUT2D eigenvalue weighted by Crippen LogP contribution is -2.34. The second-order valence-electron chi connectivity index (χ2n) is 4.03. The molecule has 0 bridgehead atoms. The van der Waals surface area contributed by atoms with Gasteiger partial charge in [-0.1, -0.05) is 12.1 Å². The maximum absolute atomic E-state index is 12.1. The molecule has 1 aromatic rings. The van der Waals surface area contributed by atoms with Crippen molar-refractivity contribution in [3.63, 3.8) is 0 Å². The predicted octanol–water partition coefficient (Wildman–Crippen LogP) is 0.446. The summed E-state index contributed by atoms with van der Waals surface area (Å²) < 4.78 is 8.99. The number of hydrogen-bond donors (Lipinski definition) is 0. The molecule has 0 fully saturated rings. The highest BCUT2D eigenvalue weighted by molar-refractivity contribution is 6.53. The van der Waals surface area contributed by atoms with Crippen molar-refractivity contribution in [3.8, 4) is 0 Å². The van der Waals surface area contributed by atoms with Crippen molar-refractivity contribution in [3.05, 3.63) is 41.6 Å². The molecule has 2 rings (SSSR count). The first-order valence-electron chi connectivity index (χ1n) is 5.87. The van der Waals surface area contributed by atoms with Crippen LogP contribution in [-0.2, 0) is 23.9 Å². The van der Waals surface area contributed by atoms with Crippen molar-refractivity contribution in [1.29, 1.82) is 0 Å². The lowest BCUT2D eigenvalue weighted by atomic mass is 10.1. The van der Waals surface area contributed by atoms with Gasteiger partial charge < -0.3 is 9.47 Å². The summed E-state index contributed by atoms with van der Waals surface area (Å²) in [4.78, 5) is 48.0. The first-order valence-corrected chi connectivity index (χ1v) is 5.87. The summed E-state index contributed by atoms with van der Waals surface area (Å²) in [6.45, 7) is 0. The van der Waals surface area contributed by atoms with E-state index in [4.69, 9.17) is 0 Å². The minimum absolute atomic E-state index is 0.155. The third-order valence-corrected chi connectivity index (χ3v) is 2.88. The average Bonchev–Trinajstić information content (AvgIpc) is 2.76. The first kappa shape index (κ1) is 14.4. The van der Waals surface area contributed by atoms with Crippen molar-refractivity contribution in [1.82, 2.24) is 0 Å². The molecule has 21 heavy (non-hydrogen) atoms. The van der Waals surface area contributed by atoms with E-state index in [0.29, 0.717) is 0 Å². The van der Waals surface area contributed by atoms with Crippen molar-refractivity contribution in [2.75, 3.05) is 19.1 Å². The fourth-order valence-corrected chi connectivity index (χ4v) is 1.92. The van der Waals surface area contributed by atoms with E-state index in [1.165, 1.54) is 12.1 Å². The van der Waals surface area contributed by atoms with Crippen LogP contribution in [-0.4, -0.2) is 37.8 Å². The quantitative estimate of drug-likeness (QED) is 0.456. The Morgan fingerprint density at radius 3 is 2.38 bits per heavy atom. The highest BCUT2D eigenvalue weighted by atomic mass is 16.5. The predicted molar refractivity (Wildman–Crippen MR) is 70.4 cm³/mol. The Morgan fingerprint density at radius 1 is 1.10 bits per heavy atom. The standard InChI is InChI=1S/C14H11NO6/c1-20-11(16)7-10(14(19)21-2)15-9-6-4-3-5-8(9)12(17)13(15)18/h3-7H,1-2H3/b10-7+. The van der Waals surface area contributed by atoms with Gasteiger partial charge >= 0.3 is 17.8 Å². The zero-order valence-electron chi connectivity index (χ0n) is 11.3. The molecule has 1 aliphatic rings. The van der Waals surface area contributed by atoms with Crippen LogP contribution in [0.4, 0.5) is 5.69 Å². The van der Waals surface area contributed by atoms with Gasteiger partial charge in [0.15, 0.2) is 0 Å². The number of Topliss-reactive ketones (excluding diaryl/α,β-unsaturated/α-hetero) is 1. The van der Waals surface area contributed by atoms with Gasteiger partial charge in [-0.25, -0.2) is 9.59 Å². The van der Waals surface area contributed by atoms with Crippen LogP contribution < -0.4 is 4.90 Å². The second-order valence-corrected chi connectivity index (χ2v) is 4.03. The van der Waals surface area contributed by atoms with Crippen LogP contribution in [0.25, 0.3) is 0 Å². The zero-order valence-corrected chi connectivity index (χ0v) is 11.3. The first-order chi connectivity index (χ1) is 10.0. The smallest absolute Gasteiger partial charge is 0.355 e. The minimum Gasteiger partial charge on any atom is -0.466 e. The van der Waals surface area contributed by atoms with E-state index >= 15 is 0 Å². The number of nitrogens with zero attached hydrogens (tertiary/aromatic N) is 1. The van der Waals surface area contributed by atoms with Crippen LogP contribution >= 0.6 is 0 Å². The Labute approximate surface area is 119 Å². The van der Waals surface area contributed by atoms with Gasteiger partial charge in [0, 0.05) is 0 Å². The number of rotatable bonds is 3. The van der Waals surface area contributed by atoms with E-state index in [9.17, 15) is 19.2 Å². The van der Waals surface area contributed by atoms with Crippen LogP contribution in [0.1, 0.15) is 10.4 Å². The number of para-hydroxylation sites is 1. The molecular formula is C14H11NO6. The van der Waals surface area contributed by atoms with Gasteiger partial charge in [0.25, 0.3) is 5.78 Å². The number of carbonyl (C=O) groups excluding carboxylic acids is 4. The Hall–Kier alpha value is -2.96. The number of ketones is 1. The summed E-state index contributed by atoms with van der Waals surface area (Å²) in [7, 11) is 2.22. The maximum atomic E-state index is 12.1. The van der Waals surface area contributed by atoms with E-state index in [-0.39, 0.29) is 16.9 Å². The number of carbonyl (C=O) groups is 4. The molecule has 0 spiro atoms. The van der Waals surface area contributed by atoms with E-state index in [0.717, 1.165) is 25.2 Å². The lowest BCUT2D eigenvalue weighted by Gasteiger charge is -2.17. The zero-order chi connectivity index (χ0) is 15.6.